The average molecular weight is 509 g/mol. The second-order valence-electron chi connectivity index (χ2n) is 5.25. The average Bonchev–Trinajstić information content (AvgIpc) is 2.67. The molecule has 2 aromatic carbocycles. The SMILES string of the molecule is [NH-]C(=O)c1c(C(=O)O)cccc1[N+](=O)[O-].[NH-]OCc1c(C(=O)O)cccc1[N+](=O)[O-].[Y]. The van der Waals surface area contributed by atoms with Crippen molar-refractivity contribution in [1.29, 1.82) is 0 Å². The van der Waals surface area contributed by atoms with E-state index in [0.717, 1.165) is 18.2 Å². The van der Waals surface area contributed by atoms with Crippen molar-refractivity contribution in [1.82, 2.24) is 0 Å². The van der Waals surface area contributed by atoms with Crippen molar-refractivity contribution in [2.75, 3.05) is 0 Å². The van der Waals surface area contributed by atoms with E-state index in [4.69, 9.17) is 21.8 Å². The number of rotatable bonds is 7. The smallest absolute Gasteiger partial charge is 0.336 e. The fourth-order valence-corrected chi connectivity index (χ4v) is 2.28. The minimum atomic E-state index is -1.48. The molecule has 161 valence electrons. The Morgan fingerprint density at radius 3 is 1.74 bits per heavy atom. The molecule has 1 radical (unpaired) electrons. The molecular formula is C16H12N4O10Y-2. The fourth-order valence-electron chi connectivity index (χ4n) is 2.28. The van der Waals surface area contributed by atoms with Crippen LogP contribution in [-0.4, -0.2) is 37.9 Å². The Kier molecular flexibility index (Phi) is 11.1. The first-order valence-electron chi connectivity index (χ1n) is 7.57. The Balaban J connectivity index is 0.000000562. The van der Waals surface area contributed by atoms with Gasteiger partial charge in [0.15, 0.2) is 0 Å². The van der Waals surface area contributed by atoms with Gasteiger partial charge in [-0.3, -0.25) is 20.2 Å². The topological polar surface area (TPSA) is 235 Å². The molecule has 0 unspecified atom stereocenters. The van der Waals surface area contributed by atoms with E-state index in [1.165, 1.54) is 18.2 Å². The summed E-state index contributed by atoms with van der Waals surface area (Å²) in [4.78, 5) is 55.6. The minimum absolute atomic E-state index is 0. The summed E-state index contributed by atoms with van der Waals surface area (Å²) < 4.78 is 0. The molecule has 0 aliphatic rings. The number of nitrogens with zero attached hydrogens (tertiary/aromatic N) is 2. The van der Waals surface area contributed by atoms with Crippen molar-refractivity contribution in [3.63, 3.8) is 0 Å². The zero-order valence-electron chi connectivity index (χ0n) is 15.3. The number of aromatic carboxylic acids is 2. The van der Waals surface area contributed by atoms with Gasteiger partial charge < -0.3 is 31.5 Å². The van der Waals surface area contributed by atoms with Crippen LogP contribution in [0.15, 0.2) is 36.4 Å². The number of carbonyl (C=O) groups excluding carboxylic acids is 1. The number of carbonyl (C=O) groups is 3. The van der Waals surface area contributed by atoms with Crippen LogP contribution < -0.4 is 0 Å². The predicted molar refractivity (Wildman–Crippen MR) is 97.9 cm³/mol. The molecule has 0 aromatic heterocycles. The van der Waals surface area contributed by atoms with Gasteiger partial charge in [0.25, 0.3) is 11.4 Å². The Hall–Kier alpha value is -3.33. The fraction of sp³-hybridized carbons (Fsp3) is 0.0625. The van der Waals surface area contributed by atoms with Gasteiger partial charge in [0.05, 0.1) is 44.6 Å². The van der Waals surface area contributed by atoms with Crippen molar-refractivity contribution in [3.05, 3.63) is 90.5 Å². The largest absolute Gasteiger partial charge is 0.663 e. The van der Waals surface area contributed by atoms with E-state index in [-0.39, 0.29) is 49.5 Å². The van der Waals surface area contributed by atoms with E-state index in [1.54, 1.807) is 0 Å². The molecule has 31 heavy (non-hydrogen) atoms. The molecule has 0 atom stereocenters. The Bertz CT molecular complexity index is 963. The van der Waals surface area contributed by atoms with Gasteiger partial charge >= 0.3 is 11.9 Å². The normalized spacial score (nSPS) is 9.45. The van der Waals surface area contributed by atoms with Crippen LogP contribution in [0, 0.1) is 20.2 Å². The molecule has 4 N–H and O–H groups in total. The van der Waals surface area contributed by atoms with Crippen LogP contribution in [0.4, 0.5) is 11.4 Å². The van der Waals surface area contributed by atoms with Gasteiger partial charge in [-0.15, -0.1) is 0 Å². The first kappa shape index (κ1) is 27.7. The van der Waals surface area contributed by atoms with E-state index in [0.29, 0.717) is 0 Å². The zero-order valence-corrected chi connectivity index (χ0v) is 18.1. The van der Waals surface area contributed by atoms with Gasteiger partial charge in [0.2, 0.25) is 0 Å². The summed E-state index contributed by atoms with van der Waals surface area (Å²) in [5.74, 6) is 2.35. The van der Waals surface area contributed by atoms with Crippen molar-refractivity contribution in [2.45, 2.75) is 6.61 Å². The number of carboxylic acid groups (broad SMARTS) is 2. The van der Waals surface area contributed by atoms with Gasteiger partial charge in [-0.1, -0.05) is 12.1 Å². The monoisotopic (exact) mass is 509 g/mol. The first-order chi connectivity index (χ1) is 14.0. The number of carboxylic acids is 2. The first-order valence-corrected chi connectivity index (χ1v) is 7.57. The van der Waals surface area contributed by atoms with Crippen molar-refractivity contribution in [3.8, 4) is 0 Å². The summed E-state index contributed by atoms with van der Waals surface area (Å²) in [7, 11) is 0. The van der Waals surface area contributed by atoms with E-state index >= 15 is 0 Å². The molecule has 15 heteroatoms. The minimum Gasteiger partial charge on any atom is -0.663 e. The van der Waals surface area contributed by atoms with E-state index < -0.39 is 51.1 Å². The predicted octanol–water partition coefficient (Wildman–Crippen LogP) is 3.26. The molecule has 2 aromatic rings. The summed E-state index contributed by atoms with van der Waals surface area (Å²) in [5.41, 5.74) is 4.18. The zero-order chi connectivity index (χ0) is 23.0. The number of nitrogens with one attached hydrogen (secondary N) is 2. The molecule has 2 rings (SSSR count). The molecule has 0 saturated carbocycles. The molecule has 0 aliphatic heterocycles. The van der Waals surface area contributed by atoms with E-state index in [2.05, 4.69) is 4.84 Å². The third-order valence-electron chi connectivity index (χ3n) is 3.49. The van der Waals surface area contributed by atoms with Crippen molar-refractivity contribution >= 4 is 29.2 Å². The second kappa shape index (κ2) is 12.4. The number of benzene rings is 2. The number of nitro groups is 2. The maximum Gasteiger partial charge on any atom is 0.336 e. The van der Waals surface area contributed by atoms with Crippen LogP contribution in [0.25, 0.3) is 11.6 Å². The van der Waals surface area contributed by atoms with Gasteiger partial charge in [0.1, 0.15) is 0 Å². The van der Waals surface area contributed by atoms with Gasteiger partial charge in [-0.25, -0.2) is 9.59 Å². The molecule has 0 saturated heterocycles. The summed E-state index contributed by atoms with van der Waals surface area (Å²) in [6, 6.07) is 6.83. The molecule has 1 amide bonds. The van der Waals surface area contributed by atoms with E-state index in [9.17, 15) is 34.6 Å². The van der Waals surface area contributed by atoms with Crippen LogP contribution in [0.1, 0.15) is 36.6 Å². The number of hydrogen-bond donors (Lipinski definition) is 2. The van der Waals surface area contributed by atoms with Crippen LogP contribution in [0.3, 0.4) is 0 Å². The Morgan fingerprint density at radius 2 is 1.35 bits per heavy atom. The standard InChI is InChI=1S/C8H7N2O5.C8H6N2O5.Y/c9-15-4-6-5(8(11)12)2-1-3-7(6)10(13)14;9-7(11)6-4(8(12)13)2-1-3-5(6)10(14)15;/h1-3,9H,4H2,(H,11,12);1-3H,(H3,9,11,12,13);/q-1;;/p-1. The summed E-state index contributed by atoms with van der Waals surface area (Å²) in [5, 5.41) is 38.5. The summed E-state index contributed by atoms with van der Waals surface area (Å²) >= 11 is 0. The number of amides is 1. The molecule has 0 fully saturated rings. The third-order valence-corrected chi connectivity index (χ3v) is 3.49. The number of hydrogen-bond acceptors (Lipinski definition) is 8. The maximum atomic E-state index is 10.8. The molecule has 0 spiro atoms. The van der Waals surface area contributed by atoms with Gasteiger partial charge in [0, 0.05) is 44.8 Å². The molecule has 14 nitrogen and oxygen atoms in total. The quantitative estimate of drug-likeness (QED) is 0.408. The maximum absolute atomic E-state index is 10.8. The molecule has 0 aliphatic carbocycles. The third kappa shape index (κ3) is 7.14. The van der Waals surface area contributed by atoms with Crippen molar-refractivity contribution < 1.29 is 72.0 Å². The van der Waals surface area contributed by atoms with Gasteiger partial charge in [-0.05, 0) is 12.1 Å². The van der Waals surface area contributed by atoms with Gasteiger partial charge in [-0.2, -0.15) is 0 Å². The molecular weight excluding hydrogens is 497 g/mol. The Labute approximate surface area is 197 Å². The Morgan fingerprint density at radius 1 is 0.903 bits per heavy atom. The number of nitro benzene ring substituents is 2. The molecule has 0 bridgehead atoms. The van der Waals surface area contributed by atoms with Crippen LogP contribution in [0.5, 0.6) is 0 Å². The summed E-state index contributed by atoms with van der Waals surface area (Å²) in [6.07, 6.45) is 0. The second-order valence-corrected chi connectivity index (χ2v) is 5.25. The van der Waals surface area contributed by atoms with Crippen LogP contribution >= 0.6 is 0 Å². The molecule has 0 heterocycles. The van der Waals surface area contributed by atoms with Crippen LogP contribution in [0.2, 0.25) is 0 Å². The summed E-state index contributed by atoms with van der Waals surface area (Å²) in [6.45, 7) is -0.432. The van der Waals surface area contributed by atoms with Crippen LogP contribution in [-0.2, 0) is 44.2 Å². The van der Waals surface area contributed by atoms with Crippen molar-refractivity contribution in [2.24, 2.45) is 0 Å². The van der Waals surface area contributed by atoms with E-state index in [1.807, 2.05) is 0 Å².